The summed E-state index contributed by atoms with van der Waals surface area (Å²) in [7, 11) is 0. The summed E-state index contributed by atoms with van der Waals surface area (Å²) in [5.74, 6) is 0.137. The van der Waals surface area contributed by atoms with Crippen LogP contribution >= 0.6 is 15.9 Å². The maximum absolute atomic E-state index is 12.5. The fourth-order valence-corrected chi connectivity index (χ4v) is 3.64. The van der Waals surface area contributed by atoms with E-state index in [0.29, 0.717) is 6.54 Å². The highest BCUT2D eigenvalue weighted by Crippen LogP contribution is 2.39. The predicted octanol–water partition coefficient (Wildman–Crippen LogP) is 3.09. The summed E-state index contributed by atoms with van der Waals surface area (Å²) in [4.78, 5) is 14.4. The lowest BCUT2D eigenvalue weighted by atomic mass is 10.1. The normalized spacial score (nSPS) is 31.4. The number of halogens is 1. The Morgan fingerprint density at radius 1 is 1.33 bits per heavy atom. The van der Waals surface area contributed by atoms with Crippen molar-refractivity contribution < 1.29 is 14.3 Å². The first kappa shape index (κ1) is 13.7. The van der Waals surface area contributed by atoms with Crippen LogP contribution in [-0.2, 0) is 16.0 Å². The van der Waals surface area contributed by atoms with E-state index in [0.717, 1.165) is 41.5 Å². The van der Waals surface area contributed by atoms with Gasteiger partial charge in [-0.2, -0.15) is 0 Å². The summed E-state index contributed by atoms with van der Waals surface area (Å²) in [5.41, 5.74) is 1.94. The number of amides is 1. The van der Waals surface area contributed by atoms with Crippen LogP contribution < -0.4 is 0 Å². The molecule has 0 aromatic heterocycles. The molecule has 21 heavy (non-hydrogen) atoms. The fraction of sp³-hybridized carbons (Fsp3) is 0.562. The van der Waals surface area contributed by atoms with Crippen LogP contribution in [0.1, 0.15) is 41.6 Å². The molecule has 2 aliphatic heterocycles. The summed E-state index contributed by atoms with van der Waals surface area (Å²) in [5, 5.41) is 0. The molecule has 1 unspecified atom stereocenters. The van der Waals surface area contributed by atoms with Crippen LogP contribution in [0.5, 0.6) is 0 Å². The van der Waals surface area contributed by atoms with Crippen LogP contribution in [0.3, 0.4) is 0 Å². The number of benzene rings is 1. The molecule has 0 N–H and O–H groups in total. The van der Waals surface area contributed by atoms with Crippen molar-refractivity contribution in [2.75, 3.05) is 6.61 Å². The maximum Gasteiger partial charge on any atom is 0.254 e. The van der Waals surface area contributed by atoms with Crippen LogP contribution in [-0.4, -0.2) is 35.8 Å². The van der Waals surface area contributed by atoms with Crippen molar-refractivity contribution in [3.05, 3.63) is 33.8 Å². The number of nitrogens with zero attached hydrogens (tertiary/aromatic N) is 1. The third-order valence-corrected chi connectivity index (χ3v) is 4.96. The first-order valence-corrected chi connectivity index (χ1v) is 8.38. The molecule has 5 heteroatoms. The fourth-order valence-electron chi connectivity index (χ4n) is 3.23. The molecular formula is C16H18BrNO3. The van der Waals surface area contributed by atoms with Gasteiger partial charge in [0.2, 0.25) is 0 Å². The molecule has 1 saturated carbocycles. The predicted molar refractivity (Wildman–Crippen MR) is 80.9 cm³/mol. The van der Waals surface area contributed by atoms with Crippen LogP contribution in [0.15, 0.2) is 22.7 Å². The van der Waals surface area contributed by atoms with Gasteiger partial charge in [0.1, 0.15) is 0 Å². The van der Waals surface area contributed by atoms with Crippen LogP contribution in [0, 0.1) is 0 Å². The van der Waals surface area contributed by atoms with E-state index in [4.69, 9.17) is 9.47 Å². The largest absolute Gasteiger partial charge is 0.353 e. The Balaban J connectivity index is 1.40. The average Bonchev–Trinajstić information content (AvgIpc) is 3.16. The first-order chi connectivity index (χ1) is 10.2. The van der Waals surface area contributed by atoms with Crippen LogP contribution in [0.2, 0.25) is 0 Å². The van der Waals surface area contributed by atoms with E-state index in [2.05, 4.69) is 15.9 Å². The second-order valence-electron chi connectivity index (χ2n) is 6.01. The lowest BCUT2D eigenvalue weighted by molar-refractivity contribution is -0.171. The Morgan fingerprint density at radius 2 is 2.24 bits per heavy atom. The molecule has 1 amide bonds. The SMILES string of the molecule is O=C1c2ccc(Br)cc2CN1[C@@H]1C[C@H]1OC1CCCCO1. The van der Waals surface area contributed by atoms with E-state index in [1.54, 1.807) is 0 Å². The second-order valence-corrected chi connectivity index (χ2v) is 6.92. The third kappa shape index (κ3) is 2.62. The van der Waals surface area contributed by atoms with Gasteiger partial charge in [-0.1, -0.05) is 15.9 Å². The molecule has 2 heterocycles. The molecule has 3 atom stereocenters. The van der Waals surface area contributed by atoms with Gasteiger partial charge in [0.05, 0.1) is 12.1 Å². The molecule has 112 valence electrons. The third-order valence-electron chi connectivity index (χ3n) is 4.46. The zero-order chi connectivity index (χ0) is 14.4. The molecule has 1 aromatic carbocycles. The maximum atomic E-state index is 12.5. The molecular weight excluding hydrogens is 334 g/mol. The Hall–Kier alpha value is -0.910. The molecule has 4 nitrogen and oxygen atoms in total. The highest BCUT2D eigenvalue weighted by Gasteiger charge is 2.48. The van der Waals surface area contributed by atoms with Gasteiger partial charge in [0, 0.05) is 23.2 Å². The molecule has 4 rings (SSSR count). The minimum Gasteiger partial charge on any atom is -0.353 e. The molecule has 0 radical (unpaired) electrons. The van der Waals surface area contributed by atoms with Gasteiger partial charge in [-0.05, 0) is 49.4 Å². The Labute approximate surface area is 132 Å². The van der Waals surface area contributed by atoms with Crippen molar-refractivity contribution in [2.24, 2.45) is 0 Å². The van der Waals surface area contributed by atoms with Gasteiger partial charge in [0.25, 0.3) is 5.91 Å². The molecule has 1 aromatic rings. The minimum absolute atomic E-state index is 0.0667. The topological polar surface area (TPSA) is 38.8 Å². The summed E-state index contributed by atoms with van der Waals surface area (Å²) < 4.78 is 12.6. The van der Waals surface area contributed by atoms with E-state index in [1.165, 1.54) is 6.42 Å². The van der Waals surface area contributed by atoms with Crippen LogP contribution in [0.25, 0.3) is 0 Å². The number of hydrogen-bond acceptors (Lipinski definition) is 3. The number of hydrogen-bond donors (Lipinski definition) is 0. The quantitative estimate of drug-likeness (QED) is 0.839. The Morgan fingerprint density at radius 3 is 3.05 bits per heavy atom. The number of ether oxygens (including phenoxy) is 2. The smallest absolute Gasteiger partial charge is 0.254 e. The monoisotopic (exact) mass is 351 g/mol. The lowest BCUT2D eigenvalue weighted by Gasteiger charge is -2.23. The van der Waals surface area contributed by atoms with Crippen molar-refractivity contribution >= 4 is 21.8 Å². The summed E-state index contributed by atoms with van der Waals surface area (Å²) >= 11 is 3.46. The number of fused-ring (bicyclic) bond motifs is 1. The zero-order valence-corrected chi connectivity index (χ0v) is 13.3. The van der Waals surface area contributed by atoms with Gasteiger partial charge in [-0.25, -0.2) is 0 Å². The molecule has 3 aliphatic rings. The summed E-state index contributed by atoms with van der Waals surface area (Å²) in [6.45, 7) is 1.49. The number of carbonyl (C=O) groups is 1. The highest BCUT2D eigenvalue weighted by atomic mass is 79.9. The molecule has 1 aliphatic carbocycles. The van der Waals surface area contributed by atoms with Gasteiger partial charge in [-0.3, -0.25) is 4.79 Å². The molecule has 0 spiro atoms. The standard InChI is InChI=1S/C16H18BrNO3/c17-11-4-5-12-10(7-11)9-18(16(12)19)13-8-14(13)21-15-3-1-2-6-20-15/h4-5,7,13-15H,1-3,6,8-9H2/t13-,14-,15?/m1/s1. The zero-order valence-electron chi connectivity index (χ0n) is 11.8. The Kier molecular flexibility index (Phi) is 3.52. The van der Waals surface area contributed by atoms with Crippen molar-refractivity contribution in [3.63, 3.8) is 0 Å². The first-order valence-electron chi connectivity index (χ1n) is 7.59. The van der Waals surface area contributed by atoms with Crippen molar-refractivity contribution in [2.45, 2.75) is 50.7 Å². The average molecular weight is 352 g/mol. The van der Waals surface area contributed by atoms with Gasteiger partial charge in [-0.15, -0.1) is 0 Å². The highest BCUT2D eigenvalue weighted by molar-refractivity contribution is 9.10. The number of rotatable bonds is 3. The summed E-state index contributed by atoms with van der Waals surface area (Å²) in [6.07, 6.45) is 4.29. The van der Waals surface area contributed by atoms with E-state index in [-0.39, 0.29) is 24.3 Å². The van der Waals surface area contributed by atoms with Gasteiger partial charge >= 0.3 is 0 Å². The van der Waals surface area contributed by atoms with E-state index in [9.17, 15) is 4.79 Å². The second kappa shape index (κ2) is 5.38. The van der Waals surface area contributed by atoms with E-state index in [1.807, 2.05) is 23.1 Å². The summed E-state index contributed by atoms with van der Waals surface area (Å²) in [6, 6.07) is 6.09. The van der Waals surface area contributed by atoms with Gasteiger partial charge < -0.3 is 14.4 Å². The van der Waals surface area contributed by atoms with Crippen molar-refractivity contribution in [1.29, 1.82) is 0 Å². The van der Waals surface area contributed by atoms with Crippen molar-refractivity contribution in [1.82, 2.24) is 4.90 Å². The number of carbonyl (C=O) groups excluding carboxylic acids is 1. The Bertz CT molecular complexity index is 571. The van der Waals surface area contributed by atoms with Gasteiger partial charge in [0.15, 0.2) is 6.29 Å². The lowest BCUT2D eigenvalue weighted by Crippen LogP contribution is -2.31. The van der Waals surface area contributed by atoms with Crippen LogP contribution in [0.4, 0.5) is 0 Å². The molecule has 1 saturated heterocycles. The van der Waals surface area contributed by atoms with E-state index >= 15 is 0 Å². The van der Waals surface area contributed by atoms with E-state index < -0.39 is 0 Å². The molecule has 0 bridgehead atoms. The molecule has 2 fully saturated rings. The van der Waals surface area contributed by atoms with Crippen molar-refractivity contribution in [3.8, 4) is 0 Å². The minimum atomic E-state index is -0.0667.